The molecule has 1 amide bonds. The zero-order valence-electron chi connectivity index (χ0n) is 10.3. The van der Waals surface area contributed by atoms with Crippen molar-refractivity contribution in [3.05, 3.63) is 43.8 Å². The summed E-state index contributed by atoms with van der Waals surface area (Å²) in [5.74, 6) is -0.238. The highest BCUT2D eigenvalue weighted by Gasteiger charge is 2.15. The molecule has 1 heterocycles. The number of thiazole rings is 1. The van der Waals surface area contributed by atoms with E-state index in [0.29, 0.717) is 21.8 Å². The molecule has 0 radical (unpaired) electrons. The fourth-order valence-corrected chi connectivity index (χ4v) is 2.81. The number of aromatic nitrogens is 1. The summed E-state index contributed by atoms with van der Waals surface area (Å²) in [6, 6.07) is 7.18. The van der Waals surface area contributed by atoms with Gasteiger partial charge in [0.15, 0.2) is 0 Å². The molecule has 1 aromatic heterocycles. The predicted octanol–water partition coefficient (Wildman–Crippen LogP) is 3.65. The van der Waals surface area contributed by atoms with Crippen LogP contribution in [-0.4, -0.2) is 10.9 Å². The van der Waals surface area contributed by atoms with E-state index in [9.17, 15) is 4.79 Å². The van der Waals surface area contributed by atoms with Crippen molar-refractivity contribution in [1.29, 1.82) is 5.26 Å². The average molecular weight is 336 g/mol. The molecule has 0 spiro atoms. The van der Waals surface area contributed by atoms with Crippen LogP contribution in [0.25, 0.3) is 0 Å². The highest BCUT2D eigenvalue weighted by Crippen LogP contribution is 2.23. The summed E-state index contributed by atoms with van der Waals surface area (Å²) in [5.41, 5.74) is 1.62. The summed E-state index contributed by atoms with van der Waals surface area (Å²) < 4.78 is 0.805. The van der Waals surface area contributed by atoms with Gasteiger partial charge in [-0.05, 0) is 32.0 Å². The molecule has 96 valence electrons. The van der Waals surface area contributed by atoms with Gasteiger partial charge in [-0.15, -0.1) is 11.3 Å². The van der Waals surface area contributed by atoms with Crippen LogP contribution in [0, 0.1) is 25.2 Å². The monoisotopic (exact) mass is 335 g/mol. The van der Waals surface area contributed by atoms with E-state index in [2.05, 4.69) is 32.3 Å². The summed E-state index contributed by atoms with van der Waals surface area (Å²) in [7, 11) is 0. The number of halogens is 1. The number of hydrogen-bond donors (Lipinski definition) is 1. The van der Waals surface area contributed by atoms with E-state index in [-0.39, 0.29) is 5.91 Å². The van der Waals surface area contributed by atoms with Gasteiger partial charge in [0.2, 0.25) is 0 Å². The largest absolute Gasteiger partial charge is 0.320 e. The van der Waals surface area contributed by atoms with Crippen molar-refractivity contribution in [1.82, 2.24) is 4.98 Å². The summed E-state index contributed by atoms with van der Waals surface area (Å²) in [6.07, 6.45) is 0. The zero-order valence-corrected chi connectivity index (χ0v) is 12.7. The lowest BCUT2D eigenvalue weighted by atomic mass is 10.2. The van der Waals surface area contributed by atoms with E-state index in [0.717, 1.165) is 9.48 Å². The highest BCUT2D eigenvalue weighted by atomic mass is 79.9. The van der Waals surface area contributed by atoms with Gasteiger partial charge in [0, 0.05) is 4.47 Å². The summed E-state index contributed by atoms with van der Waals surface area (Å²) in [4.78, 5) is 17.0. The normalized spacial score (nSPS) is 10.0. The van der Waals surface area contributed by atoms with Gasteiger partial charge in [0.25, 0.3) is 5.91 Å². The lowest BCUT2D eigenvalue weighted by Crippen LogP contribution is -2.12. The molecular weight excluding hydrogens is 326 g/mol. The third-order valence-electron chi connectivity index (χ3n) is 2.46. The number of nitriles is 1. The molecule has 0 aliphatic heterocycles. The Morgan fingerprint density at radius 3 is 2.79 bits per heavy atom. The maximum Gasteiger partial charge on any atom is 0.267 e. The average Bonchev–Trinajstić information content (AvgIpc) is 2.69. The summed E-state index contributed by atoms with van der Waals surface area (Å²) in [5, 5.41) is 12.6. The van der Waals surface area contributed by atoms with E-state index in [1.165, 1.54) is 11.3 Å². The minimum absolute atomic E-state index is 0.238. The van der Waals surface area contributed by atoms with Crippen molar-refractivity contribution in [2.24, 2.45) is 0 Å². The fraction of sp³-hybridized carbons (Fsp3) is 0.154. The fourth-order valence-electron chi connectivity index (χ4n) is 1.64. The Morgan fingerprint density at radius 1 is 1.47 bits per heavy atom. The minimum Gasteiger partial charge on any atom is -0.320 e. The molecule has 1 N–H and O–H groups in total. The van der Waals surface area contributed by atoms with Crippen molar-refractivity contribution < 1.29 is 4.79 Å². The quantitative estimate of drug-likeness (QED) is 0.910. The van der Waals surface area contributed by atoms with Crippen LogP contribution in [0.2, 0.25) is 0 Å². The third-order valence-corrected chi connectivity index (χ3v) is 4.02. The molecule has 2 rings (SSSR count). The number of anilines is 1. The van der Waals surface area contributed by atoms with Gasteiger partial charge in [0.1, 0.15) is 10.9 Å². The van der Waals surface area contributed by atoms with E-state index in [4.69, 9.17) is 5.26 Å². The Bertz CT molecular complexity index is 688. The smallest absolute Gasteiger partial charge is 0.267 e. The molecule has 0 fully saturated rings. The van der Waals surface area contributed by atoms with Gasteiger partial charge in [-0.1, -0.05) is 15.9 Å². The molecule has 4 nitrogen and oxygen atoms in total. The van der Waals surface area contributed by atoms with Gasteiger partial charge >= 0.3 is 0 Å². The Balaban J connectivity index is 2.32. The van der Waals surface area contributed by atoms with Crippen molar-refractivity contribution in [2.75, 3.05) is 5.32 Å². The predicted molar refractivity (Wildman–Crippen MR) is 78.4 cm³/mol. The number of benzene rings is 1. The molecule has 0 bridgehead atoms. The molecule has 19 heavy (non-hydrogen) atoms. The number of hydrogen-bond acceptors (Lipinski definition) is 4. The van der Waals surface area contributed by atoms with E-state index < -0.39 is 0 Å². The van der Waals surface area contributed by atoms with E-state index >= 15 is 0 Å². The first-order valence-electron chi connectivity index (χ1n) is 5.46. The molecule has 0 unspecified atom stereocenters. The van der Waals surface area contributed by atoms with Gasteiger partial charge in [-0.2, -0.15) is 5.26 Å². The molecule has 2 aromatic rings. The van der Waals surface area contributed by atoms with Gasteiger partial charge in [-0.3, -0.25) is 4.79 Å². The van der Waals surface area contributed by atoms with Crippen molar-refractivity contribution in [2.45, 2.75) is 13.8 Å². The van der Waals surface area contributed by atoms with Gasteiger partial charge in [0.05, 0.1) is 22.0 Å². The third kappa shape index (κ3) is 3.00. The Kier molecular flexibility index (Phi) is 3.98. The van der Waals surface area contributed by atoms with Crippen molar-refractivity contribution in [3.63, 3.8) is 0 Å². The van der Waals surface area contributed by atoms with Crippen LogP contribution in [0.3, 0.4) is 0 Å². The van der Waals surface area contributed by atoms with E-state index in [1.807, 2.05) is 6.92 Å². The van der Waals surface area contributed by atoms with Gasteiger partial charge in [-0.25, -0.2) is 4.98 Å². The summed E-state index contributed by atoms with van der Waals surface area (Å²) >= 11 is 4.66. The number of nitrogens with zero attached hydrogens (tertiary/aromatic N) is 2. The Hall–Kier alpha value is -1.71. The molecule has 6 heteroatoms. The lowest BCUT2D eigenvalue weighted by Gasteiger charge is -2.06. The van der Waals surface area contributed by atoms with Crippen LogP contribution in [0.1, 0.15) is 25.9 Å². The topological polar surface area (TPSA) is 65.8 Å². The van der Waals surface area contributed by atoms with Crippen LogP contribution in [0.4, 0.5) is 5.69 Å². The van der Waals surface area contributed by atoms with Gasteiger partial charge < -0.3 is 5.32 Å². The van der Waals surface area contributed by atoms with Crippen molar-refractivity contribution >= 4 is 38.9 Å². The van der Waals surface area contributed by atoms with Crippen LogP contribution in [0.5, 0.6) is 0 Å². The lowest BCUT2D eigenvalue weighted by molar-refractivity contribution is 0.103. The summed E-state index contributed by atoms with van der Waals surface area (Å²) in [6.45, 7) is 3.65. The standard InChI is InChI=1S/C13H10BrN3OS/c1-7-12(19-8(2)16-7)13(18)17-11-5-10(14)4-3-9(11)6-15/h3-5H,1-2H3,(H,17,18). The zero-order chi connectivity index (χ0) is 14.0. The minimum atomic E-state index is -0.238. The molecule has 0 aliphatic rings. The maximum absolute atomic E-state index is 12.2. The van der Waals surface area contributed by atoms with E-state index in [1.54, 1.807) is 25.1 Å². The Labute approximate surface area is 123 Å². The maximum atomic E-state index is 12.2. The van der Waals surface area contributed by atoms with Crippen LogP contribution in [0.15, 0.2) is 22.7 Å². The second-order valence-electron chi connectivity index (χ2n) is 3.90. The SMILES string of the molecule is Cc1nc(C)c(C(=O)Nc2cc(Br)ccc2C#N)s1. The number of carbonyl (C=O) groups excluding carboxylic acids is 1. The Morgan fingerprint density at radius 2 is 2.21 bits per heavy atom. The number of carbonyl (C=O) groups is 1. The van der Waals surface area contributed by atoms with Crippen molar-refractivity contribution in [3.8, 4) is 6.07 Å². The number of nitrogens with one attached hydrogen (secondary N) is 1. The molecule has 0 aliphatic carbocycles. The number of amides is 1. The highest BCUT2D eigenvalue weighted by molar-refractivity contribution is 9.10. The molecule has 1 aromatic carbocycles. The van der Waals surface area contributed by atoms with Crippen LogP contribution < -0.4 is 5.32 Å². The van der Waals surface area contributed by atoms with Crippen LogP contribution >= 0.6 is 27.3 Å². The molecule has 0 atom stereocenters. The molecule has 0 saturated heterocycles. The first-order chi connectivity index (χ1) is 9.01. The number of aryl methyl sites for hydroxylation is 2. The molecule has 0 saturated carbocycles. The molecular formula is C13H10BrN3OS. The second-order valence-corrected chi connectivity index (χ2v) is 6.02. The number of rotatable bonds is 2. The first-order valence-corrected chi connectivity index (χ1v) is 7.07. The van der Waals surface area contributed by atoms with Crippen LogP contribution in [-0.2, 0) is 0 Å². The second kappa shape index (κ2) is 5.51. The first kappa shape index (κ1) is 13.7.